The molecular weight excluding hydrogens is 520 g/mol. The number of benzene rings is 2. The number of amides is 2. The van der Waals surface area contributed by atoms with E-state index in [1.807, 2.05) is 81.4 Å². The van der Waals surface area contributed by atoms with Gasteiger partial charge in [-0.25, -0.2) is 9.59 Å². The average molecular weight is 561 g/mol. The molecule has 2 rings (SSSR count). The topological polar surface area (TPSA) is 121 Å². The monoisotopic (exact) mass is 560 g/mol. The first-order valence-corrected chi connectivity index (χ1v) is 15.2. The van der Waals surface area contributed by atoms with E-state index in [4.69, 9.17) is 22.8 Å². The molecule has 0 saturated heterocycles. The Balaban J connectivity index is 1.92. The Hall–Kier alpha value is -3.25. The maximum atomic E-state index is 12.8. The van der Waals surface area contributed by atoms with Gasteiger partial charge in [-0.15, -0.1) is 0 Å². The molecule has 0 bridgehead atoms. The maximum absolute atomic E-state index is 12.8. The van der Waals surface area contributed by atoms with Gasteiger partial charge in [-0.3, -0.25) is 4.79 Å². The van der Waals surface area contributed by atoms with Gasteiger partial charge in [0, 0.05) is 32.4 Å². The average Bonchev–Trinajstić information content (AvgIpc) is 2.94. The molecule has 1 atom stereocenters. The number of hydrogen-bond acceptors (Lipinski definition) is 8. The lowest BCUT2D eigenvalue weighted by Crippen LogP contribution is -2.47. The van der Waals surface area contributed by atoms with E-state index in [-0.39, 0.29) is 19.6 Å². The second-order valence-electron chi connectivity index (χ2n) is 8.49. The van der Waals surface area contributed by atoms with E-state index in [9.17, 15) is 14.4 Å². The third kappa shape index (κ3) is 12.4. The van der Waals surface area contributed by atoms with E-state index in [1.54, 1.807) is 0 Å². The van der Waals surface area contributed by atoms with Crippen LogP contribution in [0.3, 0.4) is 0 Å². The van der Waals surface area contributed by atoms with Crippen LogP contribution in [0, 0.1) is 0 Å². The van der Waals surface area contributed by atoms with E-state index < -0.39 is 32.8 Å². The highest BCUT2D eigenvalue weighted by Crippen LogP contribution is 2.18. The molecule has 0 aliphatic carbocycles. The molecule has 2 aromatic rings. The van der Waals surface area contributed by atoms with Crippen molar-refractivity contribution in [2.24, 2.45) is 0 Å². The van der Waals surface area contributed by atoms with E-state index in [0.717, 1.165) is 11.1 Å². The van der Waals surface area contributed by atoms with Gasteiger partial charge in [-0.05, 0) is 38.3 Å². The molecule has 2 N–H and O–H groups in total. The largest absolute Gasteiger partial charge is 0.500 e. The van der Waals surface area contributed by atoms with Gasteiger partial charge in [0.25, 0.3) is 0 Å². The lowest BCUT2D eigenvalue weighted by Gasteiger charge is -2.28. The molecular formula is C28H40N2O8Si. The van der Waals surface area contributed by atoms with E-state index in [0.29, 0.717) is 38.8 Å². The number of rotatable bonds is 18. The maximum Gasteiger partial charge on any atom is 0.500 e. The lowest BCUT2D eigenvalue weighted by molar-refractivity contribution is -0.148. The SMILES string of the molecule is CCO[Si](CCCNC(=O)C[C@H](NC(=O)OCc1ccccc1)C(=O)OCc1ccccc1)(OCC)OCC. The number of carbonyl (C=O) groups is 3. The van der Waals surface area contributed by atoms with Crippen LogP contribution >= 0.6 is 0 Å². The number of alkyl carbamates (subject to hydrolysis) is 1. The van der Waals surface area contributed by atoms with Crippen LogP contribution in [0.1, 0.15) is 44.7 Å². The van der Waals surface area contributed by atoms with Crippen molar-refractivity contribution < 1.29 is 37.1 Å². The third-order valence-corrected chi connectivity index (χ3v) is 8.63. The van der Waals surface area contributed by atoms with Gasteiger partial charge >= 0.3 is 20.9 Å². The van der Waals surface area contributed by atoms with Crippen molar-refractivity contribution in [2.75, 3.05) is 26.4 Å². The molecule has 0 aromatic heterocycles. The molecule has 11 heteroatoms. The van der Waals surface area contributed by atoms with Crippen LogP contribution in [0.25, 0.3) is 0 Å². The van der Waals surface area contributed by atoms with Crippen LogP contribution in [0.15, 0.2) is 60.7 Å². The quantitative estimate of drug-likeness (QED) is 0.160. The molecule has 0 aliphatic rings. The van der Waals surface area contributed by atoms with Crippen molar-refractivity contribution >= 4 is 26.8 Å². The normalized spacial score (nSPS) is 11.9. The molecule has 0 spiro atoms. The van der Waals surface area contributed by atoms with Crippen molar-refractivity contribution in [1.29, 1.82) is 0 Å². The zero-order valence-electron chi connectivity index (χ0n) is 23.0. The molecule has 0 fully saturated rings. The highest BCUT2D eigenvalue weighted by atomic mass is 28.4. The van der Waals surface area contributed by atoms with Crippen molar-refractivity contribution in [3.05, 3.63) is 71.8 Å². The van der Waals surface area contributed by atoms with Crippen LogP contribution in [-0.4, -0.2) is 59.2 Å². The Morgan fingerprint density at radius 1 is 0.769 bits per heavy atom. The number of ether oxygens (including phenoxy) is 2. The number of esters is 1. The molecule has 2 amide bonds. The lowest BCUT2D eigenvalue weighted by atomic mass is 10.2. The minimum absolute atomic E-state index is 0.0114. The molecule has 0 unspecified atom stereocenters. The Bertz CT molecular complexity index is 977. The van der Waals surface area contributed by atoms with E-state index in [2.05, 4.69) is 10.6 Å². The van der Waals surface area contributed by atoms with Crippen molar-refractivity contribution in [3.8, 4) is 0 Å². The molecule has 0 radical (unpaired) electrons. The summed E-state index contributed by atoms with van der Waals surface area (Å²) in [4.78, 5) is 38.0. The van der Waals surface area contributed by atoms with Gasteiger partial charge in [0.15, 0.2) is 0 Å². The smallest absolute Gasteiger partial charge is 0.459 e. The fourth-order valence-corrected chi connectivity index (χ4v) is 6.33. The Labute approximate surface area is 231 Å². The van der Waals surface area contributed by atoms with E-state index in [1.165, 1.54) is 0 Å². The van der Waals surface area contributed by atoms with Gasteiger partial charge in [0.05, 0.1) is 6.42 Å². The molecule has 214 valence electrons. The summed E-state index contributed by atoms with van der Waals surface area (Å²) in [5.41, 5.74) is 1.57. The van der Waals surface area contributed by atoms with Gasteiger partial charge in [-0.1, -0.05) is 60.7 Å². The zero-order valence-corrected chi connectivity index (χ0v) is 24.0. The third-order valence-electron chi connectivity index (χ3n) is 5.48. The fraction of sp³-hybridized carbons (Fsp3) is 0.464. The van der Waals surface area contributed by atoms with Crippen LogP contribution in [0.2, 0.25) is 6.04 Å². The summed E-state index contributed by atoms with van der Waals surface area (Å²) >= 11 is 0. The predicted molar refractivity (Wildman–Crippen MR) is 147 cm³/mol. The second kappa shape index (κ2) is 18.1. The van der Waals surface area contributed by atoms with Gasteiger partial charge in [0.2, 0.25) is 5.91 Å². The number of hydrogen-bond donors (Lipinski definition) is 2. The van der Waals surface area contributed by atoms with Gasteiger partial charge in [0.1, 0.15) is 19.3 Å². The first-order chi connectivity index (χ1) is 18.9. The molecule has 39 heavy (non-hydrogen) atoms. The molecule has 10 nitrogen and oxygen atoms in total. The molecule has 0 saturated carbocycles. The van der Waals surface area contributed by atoms with Crippen molar-refractivity contribution in [2.45, 2.75) is 58.9 Å². The first kappa shape index (κ1) is 32.0. The summed E-state index contributed by atoms with van der Waals surface area (Å²) in [6.45, 7) is 7.42. The second-order valence-corrected chi connectivity index (χ2v) is 11.2. The molecule has 2 aromatic carbocycles. The van der Waals surface area contributed by atoms with Gasteiger partial charge in [-0.2, -0.15) is 0 Å². The highest BCUT2D eigenvalue weighted by Gasteiger charge is 2.39. The van der Waals surface area contributed by atoms with Crippen molar-refractivity contribution in [1.82, 2.24) is 10.6 Å². The summed E-state index contributed by atoms with van der Waals surface area (Å²) in [5.74, 6) is -1.15. The summed E-state index contributed by atoms with van der Waals surface area (Å²) in [7, 11) is -2.82. The summed E-state index contributed by atoms with van der Waals surface area (Å²) in [5, 5.41) is 5.26. The van der Waals surface area contributed by atoms with Crippen molar-refractivity contribution in [3.63, 3.8) is 0 Å². The molecule has 0 heterocycles. The predicted octanol–water partition coefficient (Wildman–Crippen LogP) is 3.97. The zero-order chi connectivity index (χ0) is 28.3. The summed E-state index contributed by atoms with van der Waals surface area (Å²) < 4.78 is 28.1. The fourth-order valence-electron chi connectivity index (χ4n) is 3.72. The minimum Gasteiger partial charge on any atom is -0.459 e. The Kier molecular flexibility index (Phi) is 14.8. The van der Waals surface area contributed by atoms with Crippen LogP contribution in [0.5, 0.6) is 0 Å². The summed E-state index contributed by atoms with van der Waals surface area (Å²) in [6, 6.07) is 17.6. The van der Waals surface area contributed by atoms with E-state index >= 15 is 0 Å². The van der Waals surface area contributed by atoms with Crippen LogP contribution in [-0.2, 0) is 45.6 Å². The highest BCUT2D eigenvalue weighted by molar-refractivity contribution is 6.60. The standard InChI is InChI=1S/C28H40N2O8Si/c1-4-36-39(37-5-2,38-6-3)19-13-18-29-26(31)20-25(27(32)34-21-23-14-9-7-10-15-23)30-28(33)35-22-24-16-11-8-12-17-24/h7-12,14-17,25H,4-6,13,18-22H2,1-3H3,(H,29,31)(H,30,33)/t25-/m0/s1. The summed E-state index contributed by atoms with van der Waals surface area (Å²) in [6.07, 6.45) is -0.568. The number of nitrogens with one attached hydrogen (secondary N) is 2. The van der Waals surface area contributed by atoms with Crippen LogP contribution in [0.4, 0.5) is 4.79 Å². The Morgan fingerprint density at radius 3 is 1.79 bits per heavy atom. The minimum atomic E-state index is -2.82. The Morgan fingerprint density at radius 2 is 1.28 bits per heavy atom. The number of carbonyl (C=O) groups excluding carboxylic acids is 3. The van der Waals surface area contributed by atoms with Gasteiger partial charge < -0.3 is 33.4 Å². The first-order valence-electron chi connectivity index (χ1n) is 13.3. The molecule has 0 aliphatic heterocycles. The van der Waals surface area contributed by atoms with Crippen LogP contribution < -0.4 is 10.6 Å².